The van der Waals surface area contributed by atoms with E-state index in [1.807, 2.05) is 6.07 Å². The second kappa shape index (κ2) is 8.99. The molecule has 0 spiro atoms. The van der Waals surface area contributed by atoms with E-state index in [4.69, 9.17) is 21.1 Å². The van der Waals surface area contributed by atoms with E-state index in [0.29, 0.717) is 22.9 Å². The van der Waals surface area contributed by atoms with Gasteiger partial charge >= 0.3 is 5.97 Å². The minimum atomic E-state index is -0.993. The van der Waals surface area contributed by atoms with Crippen LogP contribution in [0.3, 0.4) is 0 Å². The zero-order valence-electron chi connectivity index (χ0n) is 13.0. The first kappa shape index (κ1) is 17.9. The minimum Gasteiger partial charge on any atom is -0.466 e. The fraction of sp³-hybridized carbons (Fsp3) is 0.412. The minimum absolute atomic E-state index is 0.388. The molecule has 1 heterocycles. The summed E-state index contributed by atoms with van der Waals surface area (Å²) in [5, 5.41) is 1.34. The highest BCUT2D eigenvalue weighted by Crippen LogP contribution is 2.30. The number of hydrogen-bond acceptors (Lipinski definition) is 5. The van der Waals surface area contributed by atoms with Gasteiger partial charge in [0.15, 0.2) is 0 Å². The number of fused-ring (bicyclic) bond motifs is 1. The number of benzene rings is 1. The summed E-state index contributed by atoms with van der Waals surface area (Å²) in [6, 6.07) is 7.02. The van der Waals surface area contributed by atoms with E-state index in [2.05, 4.69) is 24.5 Å². The maximum Gasteiger partial charge on any atom is 0.357 e. The van der Waals surface area contributed by atoms with Crippen molar-refractivity contribution in [2.24, 2.45) is 0 Å². The van der Waals surface area contributed by atoms with Gasteiger partial charge in [0.1, 0.15) is 11.3 Å². The molecular weight excluding hydrogens is 334 g/mol. The Bertz CT molecular complexity index is 665. The molecule has 4 nitrogen and oxygen atoms in total. The largest absolute Gasteiger partial charge is 0.466 e. The summed E-state index contributed by atoms with van der Waals surface area (Å²) in [6.07, 6.45) is 5.83. The van der Waals surface area contributed by atoms with Gasteiger partial charge in [0.25, 0.3) is 0 Å². The van der Waals surface area contributed by atoms with Crippen LogP contribution in [0.15, 0.2) is 30.5 Å². The predicted octanol–water partition coefficient (Wildman–Crippen LogP) is 4.65. The average molecular weight is 354 g/mol. The molecule has 0 bridgehead atoms. The SMILES string of the molecule is CCCCCCOC(=O)C(S)Oc1ccc(Cl)c2cccnc12. The van der Waals surface area contributed by atoms with Crippen LogP contribution in [0.2, 0.25) is 5.02 Å². The Morgan fingerprint density at radius 1 is 1.30 bits per heavy atom. The van der Waals surface area contributed by atoms with Gasteiger partial charge in [-0.3, -0.25) is 4.98 Å². The van der Waals surface area contributed by atoms with Gasteiger partial charge in [0.05, 0.1) is 11.6 Å². The number of halogens is 1. The number of hydrogen-bond donors (Lipinski definition) is 1. The lowest BCUT2D eigenvalue weighted by Crippen LogP contribution is -2.24. The van der Waals surface area contributed by atoms with E-state index >= 15 is 0 Å². The second-order valence-electron chi connectivity index (χ2n) is 5.14. The molecule has 0 aliphatic carbocycles. The normalized spacial score (nSPS) is 12.1. The molecule has 0 amide bonds. The summed E-state index contributed by atoms with van der Waals surface area (Å²) in [5.41, 5.74) is -0.401. The van der Waals surface area contributed by atoms with Gasteiger partial charge in [0, 0.05) is 11.6 Å². The molecule has 1 atom stereocenters. The maximum atomic E-state index is 11.9. The van der Waals surface area contributed by atoms with Crippen LogP contribution in [0.1, 0.15) is 32.6 Å². The van der Waals surface area contributed by atoms with Crippen molar-refractivity contribution < 1.29 is 14.3 Å². The van der Waals surface area contributed by atoms with Gasteiger partial charge in [-0.2, -0.15) is 0 Å². The molecule has 2 aromatic rings. The number of aromatic nitrogens is 1. The Labute approximate surface area is 146 Å². The molecule has 1 unspecified atom stereocenters. The van der Waals surface area contributed by atoms with Gasteiger partial charge in [-0.25, -0.2) is 4.79 Å². The van der Waals surface area contributed by atoms with Crippen molar-refractivity contribution in [3.05, 3.63) is 35.5 Å². The molecule has 0 N–H and O–H groups in total. The van der Waals surface area contributed by atoms with Gasteiger partial charge in [-0.1, -0.05) is 37.8 Å². The molecule has 0 radical (unpaired) electrons. The Morgan fingerprint density at radius 2 is 2.13 bits per heavy atom. The van der Waals surface area contributed by atoms with Gasteiger partial charge in [-0.05, 0) is 30.7 Å². The number of nitrogens with zero attached hydrogens (tertiary/aromatic N) is 1. The zero-order valence-corrected chi connectivity index (χ0v) is 14.6. The number of carbonyl (C=O) groups excluding carboxylic acids is 1. The third-order valence-electron chi connectivity index (χ3n) is 3.36. The van der Waals surface area contributed by atoms with Crippen LogP contribution in [0.25, 0.3) is 10.9 Å². The Balaban J connectivity index is 1.96. The Morgan fingerprint density at radius 3 is 2.91 bits per heavy atom. The molecule has 124 valence electrons. The first-order chi connectivity index (χ1) is 11.1. The summed E-state index contributed by atoms with van der Waals surface area (Å²) in [5.74, 6) is -0.0446. The predicted molar refractivity (Wildman–Crippen MR) is 95.3 cm³/mol. The second-order valence-corrected chi connectivity index (χ2v) is 6.02. The molecule has 2 rings (SSSR count). The third kappa shape index (κ3) is 5.01. The number of rotatable bonds is 8. The summed E-state index contributed by atoms with van der Waals surface area (Å²) < 4.78 is 10.8. The van der Waals surface area contributed by atoms with Crippen LogP contribution in [-0.2, 0) is 9.53 Å². The van der Waals surface area contributed by atoms with Crippen molar-refractivity contribution in [1.82, 2.24) is 4.98 Å². The zero-order chi connectivity index (χ0) is 16.7. The van der Waals surface area contributed by atoms with E-state index in [0.717, 1.165) is 31.1 Å². The molecule has 6 heteroatoms. The first-order valence-corrected chi connectivity index (χ1v) is 8.57. The number of ether oxygens (including phenoxy) is 2. The summed E-state index contributed by atoms with van der Waals surface area (Å²) >= 11 is 10.3. The van der Waals surface area contributed by atoms with Crippen molar-refractivity contribution in [2.45, 2.75) is 38.0 Å². The molecule has 0 fully saturated rings. The number of pyridine rings is 1. The molecular formula is C17H20ClNO3S. The van der Waals surface area contributed by atoms with Crippen molar-refractivity contribution in [2.75, 3.05) is 6.61 Å². The smallest absolute Gasteiger partial charge is 0.357 e. The molecule has 1 aromatic carbocycles. The van der Waals surface area contributed by atoms with Crippen molar-refractivity contribution in [3.8, 4) is 5.75 Å². The first-order valence-electron chi connectivity index (χ1n) is 7.68. The highest BCUT2D eigenvalue weighted by atomic mass is 35.5. The summed E-state index contributed by atoms with van der Waals surface area (Å²) in [7, 11) is 0. The quantitative estimate of drug-likeness (QED) is 0.325. The van der Waals surface area contributed by atoms with Crippen LogP contribution < -0.4 is 4.74 Å². The summed E-state index contributed by atoms with van der Waals surface area (Å²) in [6.45, 7) is 2.52. The third-order valence-corrected chi connectivity index (χ3v) is 4.01. The number of unbranched alkanes of at least 4 members (excludes halogenated alkanes) is 3. The fourth-order valence-corrected chi connectivity index (χ4v) is 2.55. The lowest BCUT2D eigenvalue weighted by atomic mass is 10.2. The molecule has 0 aliphatic heterocycles. The van der Waals surface area contributed by atoms with Crippen molar-refractivity contribution in [1.29, 1.82) is 0 Å². The van der Waals surface area contributed by atoms with Crippen molar-refractivity contribution >= 4 is 41.1 Å². The number of thiol groups is 1. The van der Waals surface area contributed by atoms with Crippen molar-refractivity contribution in [3.63, 3.8) is 0 Å². The van der Waals surface area contributed by atoms with Crippen LogP contribution in [0.4, 0.5) is 0 Å². The average Bonchev–Trinajstić information content (AvgIpc) is 2.57. The number of carbonyl (C=O) groups is 1. The molecule has 0 aliphatic rings. The van der Waals surface area contributed by atoms with Crippen LogP contribution in [0, 0.1) is 0 Å². The highest BCUT2D eigenvalue weighted by molar-refractivity contribution is 7.81. The highest BCUT2D eigenvalue weighted by Gasteiger charge is 2.19. The van der Waals surface area contributed by atoms with E-state index in [-0.39, 0.29) is 0 Å². The maximum absolute atomic E-state index is 11.9. The van der Waals surface area contributed by atoms with Gasteiger partial charge < -0.3 is 9.47 Å². The summed E-state index contributed by atoms with van der Waals surface area (Å²) in [4.78, 5) is 16.2. The van der Waals surface area contributed by atoms with E-state index in [1.54, 1.807) is 24.4 Å². The van der Waals surface area contributed by atoms with E-state index < -0.39 is 11.4 Å². The molecule has 1 aromatic heterocycles. The van der Waals surface area contributed by atoms with Crippen LogP contribution >= 0.6 is 24.2 Å². The van der Waals surface area contributed by atoms with Crippen LogP contribution in [0.5, 0.6) is 5.75 Å². The standard InChI is InChI=1S/C17H20ClNO3S/c1-2-3-4-5-11-21-16(20)17(23)22-14-9-8-13(18)12-7-6-10-19-15(12)14/h6-10,17,23H,2-5,11H2,1H3. The van der Waals surface area contributed by atoms with E-state index in [9.17, 15) is 4.79 Å². The molecule has 23 heavy (non-hydrogen) atoms. The molecule has 0 saturated heterocycles. The Kier molecular flexibility index (Phi) is 6.99. The monoisotopic (exact) mass is 353 g/mol. The lowest BCUT2D eigenvalue weighted by Gasteiger charge is -2.14. The topological polar surface area (TPSA) is 48.4 Å². The van der Waals surface area contributed by atoms with Crippen LogP contribution in [-0.4, -0.2) is 23.0 Å². The van der Waals surface area contributed by atoms with Gasteiger partial charge in [-0.15, -0.1) is 12.6 Å². The fourth-order valence-electron chi connectivity index (χ4n) is 2.15. The number of esters is 1. The van der Waals surface area contributed by atoms with E-state index in [1.165, 1.54) is 0 Å². The lowest BCUT2D eigenvalue weighted by molar-refractivity contribution is -0.147. The molecule has 0 saturated carbocycles. The van der Waals surface area contributed by atoms with Gasteiger partial charge in [0.2, 0.25) is 5.44 Å². The Hall–Kier alpha value is -1.46.